The van der Waals surface area contributed by atoms with Crippen LogP contribution in [0, 0.1) is 0 Å². The van der Waals surface area contributed by atoms with E-state index in [1.165, 1.54) is 0 Å². The zero-order chi connectivity index (χ0) is 90.5. The molecule has 0 bridgehead atoms. The number of fused-ring (bicyclic) bond motifs is 16. The molecule has 0 aliphatic rings. The molecule has 2 heteroatoms. The van der Waals surface area contributed by atoms with Crippen LogP contribution < -0.4 is 0 Å². The monoisotopic (exact) mass is 1420 g/mol. The third kappa shape index (κ3) is 10.5. The lowest BCUT2D eigenvalue weighted by Gasteiger charge is -2.25. The molecule has 0 radical (unpaired) electrons. The highest BCUT2D eigenvalue weighted by atomic mass is 16.3. The van der Waals surface area contributed by atoms with Crippen molar-refractivity contribution in [3.63, 3.8) is 0 Å². The maximum Gasteiger partial charge on any atom is 0.143 e. The summed E-state index contributed by atoms with van der Waals surface area (Å²) in [5.41, 5.74) is 13.2. The van der Waals surface area contributed by atoms with Gasteiger partial charge < -0.3 is 8.83 Å². The molecule has 0 N–H and O–H groups in total. The standard InChI is InChI=1S/C56H40O.C52H32O/c1-56(2,3)50-33-17-29-44-49(52-41-24-12-10-22-39(41)51(36-20-8-5-9-21-36)40-23-11-13-25-42(40)52)34-48-38(27-15-28-43(48)53(44)50)45-30-16-32-47-46-31-14-26-37(54(46)57-55(45)47)35-18-6-4-7-19-35;1-3-13-33(14-4-1)37-24-27-42-47-30-36(25-28-49(47)53-50(42)32-37)35-23-26-39-38(29-35)31-48(41-18-8-7-17-40(39)41)52-45-21-11-9-19-43(45)51(34-15-5-2-6-16-34)44-20-10-12-22-46(44)52/h4-34H,1-3H3;1-32H/i4D,5D,6D,7D,8D,9D,18D,19D,20D,21D;1D,2D,3D,4D,5D,6D,13D,14D,15D,16D. The van der Waals surface area contributed by atoms with Gasteiger partial charge in [-0.15, -0.1) is 0 Å². The third-order valence-electron chi connectivity index (χ3n) is 21.8. The average molecular weight is 1420 g/mol. The predicted molar refractivity (Wildman–Crippen MR) is 470 cm³/mol. The lowest BCUT2D eigenvalue weighted by Crippen LogP contribution is -2.12. The average Bonchev–Trinajstić information content (AvgIpc) is 0.916. The maximum atomic E-state index is 9.10. The van der Waals surface area contributed by atoms with Gasteiger partial charge in [0, 0.05) is 32.7 Å². The first-order valence-corrected chi connectivity index (χ1v) is 36.5. The number of furan rings is 2. The highest BCUT2D eigenvalue weighted by molar-refractivity contribution is 6.29. The minimum absolute atomic E-state index is 0.0743. The molecule has 0 fully saturated rings. The second-order valence-corrected chi connectivity index (χ2v) is 28.9. The van der Waals surface area contributed by atoms with Gasteiger partial charge in [0.1, 0.15) is 22.3 Å². The van der Waals surface area contributed by atoms with E-state index in [-0.39, 0.29) is 112 Å². The highest BCUT2D eigenvalue weighted by Gasteiger charge is 2.27. The van der Waals surface area contributed by atoms with E-state index in [1.54, 1.807) is 18.2 Å². The van der Waals surface area contributed by atoms with Crippen molar-refractivity contribution < 1.29 is 36.2 Å². The molecule has 0 spiro atoms. The van der Waals surface area contributed by atoms with E-state index in [0.717, 1.165) is 158 Å². The molecule has 0 saturated carbocycles. The van der Waals surface area contributed by atoms with Crippen LogP contribution in [0.5, 0.6) is 0 Å². The highest BCUT2D eigenvalue weighted by Crippen LogP contribution is 2.52. The molecule has 0 saturated heterocycles. The van der Waals surface area contributed by atoms with Crippen LogP contribution in [0.4, 0.5) is 0 Å². The molecule has 0 unspecified atom stereocenters. The number of benzene rings is 20. The van der Waals surface area contributed by atoms with Gasteiger partial charge in [-0.25, -0.2) is 0 Å². The summed E-state index contributed by atoms with van der Waals surface area (Å²) < 4.78 is 184. The van der Waals surface area contributed by atoms with Gasteiger partial charge in [-0.3, -0.25) is 0 Å². The quantitative estimate of drug-likeness (QED) is 0.112. The first kappa shape index (κ1) is 46.9. The van der Waals surface area contributed by atoms with Gasteiger partial charge >= 0.3 is 0 Å². The van der Waals surface area contributed by atoms with Crippen LogP contribution in [-0.4, -0.2) is 0 Å². The minimum atomic E-state index is -0.457. The molecule has 516 valence electrons. The lowest BCUT2D eigenvalue weighted by atomic mass is 9.78. The summed E-state index contributed by atoms with van der Waals surface area (Å²) in [5.74, 6) is 0. The molecule has 2 nitrogen and oxygen atoms in total. The summed E-state index contributed by atoms with van der Waals surface area (Å²) in [4.78, 5) is 0. The van der Waals surface area contributed by atoms with Crippen LogP contribution >= 0.6 is 0 Å². The van der Waals surface area contributed by atoms with E-state index < -0.39 is 36.3 Å². The Hall–Kier alpha value is -13.9. The lowest BCUT2D eigenvalue weighted by molar-refractivity contribution is 0.596. The summed E-state index contributed by atoms with van der Waals surface area (Å²) >= 11 is 0. The van der Waals surface area contributed by atoms with E-state index in [0.29, 0.717) is 44.6 Å². The molecular formula is C108H72O2. The van der Waals surface area contributed by atoms with Crippen LogP contribution in [0.3, 0.4) is 0 Å². The third-order valence-corrected chi connectivity index (χ3v) is 21.8. The smallest absolute Gasteiger partial charge is 0.143 e. The minimum Gasteiger partial charge on any atom is -0.456 e. The number of hydrogen-bond acceptors (Lipinski definition) is 2. The largest absolute Gasteiger partial charge is 0.456 e. The van der Waals surface area contributed by atoms with Crippen LogP contribution in [0.15, 0.2) is 391 Å². The molecule has 22 rings (SSSR count). The fourth-order valence-electron chi connectivity index (χ4n) is 17.0. The molecule has 0 aliphatic heterocycles. The first-order chi connectivity index (χ1) is 62.5. The van der Waals surface area contributed by atoms with Crippen LogP contribution in [0.2, 0.25) is 0 Å². The number of para-hydroxylation sites is 2. The fourth-order valence-corrected chi connectivity index (χ4v) is 17.0. The molecular weight excluding hydrogens is 1330 g/mol. The van der Waals surface area contributed by atoms with Crippen molar-refractivity contribution in [3.05, 3.63) is 387 Å². The van der Waals surface area contributed by atoms with Crippen molar-refractivity contribution in [1.82, 2.24) is 0 Å². The van der Waals surface area contributed by atoms with Gasteiger partial charge in [0.2, 0.25) is 0 Å². The van der Waals surface area contributed by atoms with Gasteiger partial charge in [0.15, 0.2) is 0 Å². The van der Waals surface area contributed by atoms with E-state index in [4.69, 9.17) is 36.2 Å². The fraction of sp³-hybridized carbons (Fsp3) is 0.0370. The van der Waals surface area contributed by atoms with Crippen LogP contribution in [-0.2, 0) is 5.41 Å². The Labute approximate surface area is 665 Å². The normalized spacial score (nSPS) is 14.5. The molecule has 0 atom stereocenters. The van der Waals surface area contributed by atoms with Gasteiger partial charge in [0.25, 0.3) is 0 Å². The molecule has 20 aromatic carbocycles. The Morgan fingerprint density at radius 1 is 0.218 bits per heavy atom. The van der Waals surface area contributed by atoms with Crippen molar-refractivity contribution in [1.29, 1.82) is 0 Å². The summed E-state index contributed by atoms with van der Waals surface area (Å²) in [6.07, 6.45) is 0. The zero-order valence-electron chi connectivity index (χ0n) is 79.6. The molecule has 0 amide bonds. The zero-order valence-corrected chi connectivity index (χ0v) is 59.6. The molecule has 2 heterocycles. The maximum absolute atomic E-state index is 9.10. The number of rotatable bonds is 8. The topological polar surface area (TPSA) is 26.3 Å². The predicted octanol–water partition coefficient (Wildman–Crippen LogP) is 31.0. The van der Waals surface area contributed by atoms with Crippen molar-refractivity contribution in [2.24, 2.45) is 0 Å². The Morgan fingerprint density at radius 3 is 1.18 bits per heavy atom. The van der Waals surface area contributed by atoms with E-state index >= 15 is 0 Å². The van der Waals surface area contributed by atoms with E-state index in [9.17, 15) is 0 Å². The Kier molecular flexibility index (Phi) is 11.1. The van der Waals surface area contributed by atoms with Crippen molar-refractivity contribution in [2.45, 2.75) is 26.2 Å². The van der Waals surface area contributed by atoms with Gasteiger partial charge in [-0.05, 0) is 218 Å². The Balaban J connectivity index is 0.000000158. The molecule has 0 aliphatic carbocycles. The van der Waals surface area contributed by atoms with Gasteiger partial charge in [-0.2, -0.15) is 0 Å². The first-order valence-electron chi connectivity index (χ1n) is 46.5. The van der Waals surface area contributed by atoms with Crippen molar-refractivity contribution >= 4 is 130 Å². The second kappa shape index (κ2) is 26.0. The Morgan fingerprint density at radius 2 is 0.627 bits per heavy atom. The van der Waals surface area contributed by atoms with Gasteiger partial charge in [-0.1, -0.05) is 360 Å². The van der Waals surface area contributed by atoms with Crippen molar-refractivity contribution in [3.8, 4) is 89.0 Å². The SMILES string of the molecule is [2H]c1c([2H])c([2H])c(-c2c3ccccc3c(-c3cc4c(-c5cccc6c5oc5c(-c7c([2H])c([2H])c([2H])c([2H])c7[2H])cccc56)cccc4c4c(C(C)(C)C)cccc34)c3ccccc23)c([2H])c1[2H].[2H]c1c([2H])c([2H])c(-c2ccc3c(c2)oc2ccc(-c4ccc5c(c4)cc(-c4c6ccccc6c(-c6c([2H])c([2H])c([2H])c([2H])c6[2H])c6ccccc46)c4ccccc45)cc23)c([2H])c1[2H]. The summed E-state index contributed by atoms with van der Waals surface area (Å²) in [5, 5.41) is 18.2. The molecule has 2 aromatic heterocycles. The van der Waals surface area contributed by atoms with E-state index in [1.807, 2.05) is 158 Å². The van der Waals surface area contributed by atoms with E-state index in [2.05, 4.69) is 106 Å². The summed E-state index contributed by atoms with van der Waals surface area (Å²) in [6, 6.07) is 79.6. The van der Waals surface area contributed by atoms with Gasteiger partial charge in [0.05, 0.1) is 27.4 Å². The van der Waals surface area contributed by atoms with Crippen LogP contribution in [0.25, 0.3) is 219 Å². The molecule has 22 aromatic rings. The summed E-state index contributed by atoms with van der Waals surface area (Å²) in [6.45, 7) is 6.64. The summed E-state index contributed by atoms with van der Waals surface area (Å²) in [7, 11) is 0. The van der Waals surface area contributed by atoms with Crippen LogP contribution in [0.1, 0.15) is 53.7 Å². The molecule has 110 heavy (non-hydrogen) atoms. The number of hydrogen-bond donors (Lipinski definition) is 0. The van der Waals surface area contributed by atoms with Crippen molar-refractivity contribution in [2.75, 3.05) is 0 Å². The Bertz CT molecular complexity index is 8570. The second-order valence-electron chi connectivity index (χ2n) is 28.9.